The van der Waals surface area contributed by atoms with E-state index in [9.17, 15) is 9.59 Å². The monoisotopic (exact) mass is 227 g/mol. The molecule has 88 valence electrons. The molecule has 16 heavy (non-hydrogen) atoms. The second kappa shape index (κ2) is 4.75. The normalized spacial score (nSPS) is 12.2. The van der Waals surface area contributed by atoms with E-state index in [1.54, 1.807) is 0 Å². The fourth-order valence-corrected chi connectivity index (χ4v) is 1.28. The highest BCUT2D eigenvalue weighted by atomic mass is 16.4. The summed E-state index contributed by atoms with van der Waals surface area (Å²) in [7, 11) is 1.47. The highest BCUT2D eigenvalue weighted by Gasteiger charge is 2.22. The zero-order valence-electron chi connectivity index (χ0n) is 8.97. The first kappa shape index (κ1) is 12.2. The van der Waals surface area contributed by atoms with Crippen molar-refractivity contribution in [1.82, 2.24) is 14.9 Å². The van der Waals surface area contributed by atoms with Crippen molar-refractivity contribution in [1.29, 1.82) is 0 Å². The van der Waals surface area contributed by atoms with Crippen molar-refractivity contribution in [3.63, 3.8) is 0 Å². The lowest BCUT2D eigenvalue weighted by molar-refractivity contribution is 0.0655. The molecular weight excluding hydrogens is 214 g/mol. The molecule has 7 heteroatoms. The molecule has 0 aliphatic rings. The van der Waals surface area contributed by atoms with Gasteiger partial charge in [-0.1, -0.05) is 0 Å². The van der Waals surface area contributed by atoms with Crippen LogP contribution in [0, 0.1) is 0 Å². The predicted octanol–water partition coefficient (Wildman–Crippen LogP) is -0.439. The Hall–Kier alpha value is -1.89. The molecule has 1 aromatic rings. The van der Waals surface area contributed by atoms with Gasteiger partial charge in [0, 0.05) is 13.6 Å². The number of aliphatic hydroxyl groups is 1. The molecule has 0 bridgehead atoms. The Morgan fingerprint density at radius 1 is 1.62 bits per heavy atom. The minimum Gasteiger partial charge on any atom is -0.477 e. The van der Waals surface area contributed by atoms with Crippen molar-refractivity contribution in [2.45, 2.75) is 13.0 Å². The van der Waals surface area contributed by atoms with Crippen molar-refractivity contribution < 1.29 is 19.8 Å². The summed E-state index contributed by atoms with van der Waals surface area (Å²) in [5.74, 6) is -1.79. The number of imidazole rings is 1. The molecule has 1 rings (SSSR count). The molecule has 1 aromatic heterocycles. The zero-order valence-corrected chi connectivity index (χ0v) is 8.97. The summed E-state index contributed by atoms with van der Waals surface area (Å²) in [5, 5.41) is 17.9. The summed E-state index contributed by atoms with van der Waals surface area (Å²) in [5.41, 5.74) is -0.405. The number of amides is 1. The van der Waals surface area contributed by atoms with Gasteiger partial charge in [-0.15, -0.1) is 0 Å². The third-order valence-electron chi connectivity index (χ3n) is 1.94. The van der Waals surface area contributed by atoms with Crippen LogP contribution < -0.4 is 0 Å². The summed E-state index contributed by atoms with van der Waals surface area (Å²) in [6.45, 7) is 1.65. The van der Waals surface area contributed by atoms with E-state index in [0.717, 1.165) is 6.33 Å². The molecule has 3 N–H and O–H groups in total. The Balaban J connectivity index is 2.88. The second-order valence-corrected chi connectivity index (χ2v) is 3.47. The number of rotatable bonds is 4. The van der Waals surface area contributed by atoms with E-state index in [-0.39, 0.29) is 17.9 Å². The molecule has 1 atom stereocenters. The topological polar surface area (TPSA) is 107 Å². The third-order valence-corrected chi connectivity index (χ3v) is 1.94. The maximum Gasteiger partial charge on any atom is 0.354 e. The first-order valence-electron chi connectivity index (χ1n) is 4.63. The Labute approximate surface area is 91.7 Å². The third kappa shape index (κ3) is 2.57. The summed E-state index contributed by atoms with van der Waals surface area (Å²) in [6.07, 6.45) is 0.466. The van der Waals surface area contributed by atoms with Gasteiger partial charge in [-0.25, -0.2) is 9.78 Å². The number of carbonyl (C=O) groups is 2. The van der Waals surface area contributed by atoms with Gasteiger partial charge in [-0.3, -0.25) is 4.79 Å². The van der Waals surface area contributed by atoms with Gasteiger partial charge in [0.2, 0.25) is 0 Å². The van der Waals surface area contributed by atoms with Crippen LogP contribution in [0.4, 0.5) is 0 Å². The second-order valence-electron chi connectivity index (χ2n) is 3.47. The lowest BCUT2D eigenvalue weighted by Crippen LogP contribution is -2.34. The van der Waals surface area contributed by atoms with Crippen molar-refractivity contribution in [2.75, 3.05) is 13.6 Å². The molecule has 0 saturated heterocycles. The van der Waals surface area contributed by atoms with Crippen LogP contribution in [0.2, 0.25) is 0 Å². The highest BCUT2D eigenvalue weighted by molar-refractivity contribution is 6.02. The van der Waals surface area contributed by atoms with Crippen molar-refractivity contribution in [3.05, 3.63) is 17.7 Å². The quantitative estimate of drug-likeness (QED) is 0.646. The maximum atomic E-state index is 11.7. The number of hydrogen-bond acceptors (Lipinski definition) is 4. The Bertz CT molecular complexity index is 399. The summed E-state index contributed by atoms with van der Waals surface area (Å²) >= 11 is 0. The number of aliphatic hydroxyl groups excluding tert-OH is 1. The molecule has 0 radical (unpaired) electrons. The van der Waals surface area contributed by atoms with Gasteiger partial charge in [-0.05, 0) is 6.92 Å². The summed E-state index contributed by atoms with van der Waals surface area (Å²) in [4.78, 5) is 29.7. The molecule has 0 aliphatic carbocycles. The van der Waals surface area contributed by atoms with Crippen molar-refractivity contribution in [3.8, 4) is 0 Å². The lowest BCUT2D eigenvalue weighted by Gasteiger charge is -2.17. The van der Waals surface area contributed by atoms with Crippen LogP contribution in [0.25, 0.3) is 0 Å². The number of carboxylic acids is 1. The molecular formula is C9H13N3O4. The van der Waals surface area contributed by atoms with Gasteiger partial charge in [0.05, 0.1) is 12.4 Å². The minimum atomic E-state index is -1.24. The van der Waals surface area contributed by atoms with E-state index in [2.05, 4.69) is 9.97 Å². The van der Waals surface area contributed by atoms with Crippen LogP contribution in [-0.2, 0) is 0 Å². The number of aromatic amines is 1. The average molecular weight is 227 g/mol. The van der Waals surface area contributed by atoms with Gasteiger partial charge in [0.15, 0.2) is 11.4 Å². The van der Waals surface area contributed by atoms with Crippen LogP contribution >= 0.6 is 0 Å². The molecule has 1 amide bonds. The first-order valence-corrected chi connectivity index (χ1v) is 4.63. The number of hydrogen-bond donors (Lipinski definition) is 3. The van der Waals surface area contributed by atoms with Crippen molar-refractivity contribution >= 4 is 11.9 Å². The van der Waals surface area contributed by atoms with Gasteiger partial charge >= 0.3 is 5.97 Å². The number of likely N-dealkylation sites (N-methyl/N-ethyl adjacent to an activating group) is 1. The van der Waals surface area contributed by atoms with Gasteiger partial charge in [0.1, 0.15) is 0 Å². The van der Waals surface area contributed by atoms with E-state index in [1.807, 2.05) is 0 Å². The number of nitrogens with one attached hydrogen (secondary N) is 1. The average Bonchev–Trinajstić information content (AvgIpc) is 2.63. The smallest absolute Gasteiger partial charge is 0.354 e. The SMILES string of the molecule is CC(O)CN(C)C(=O)c1nc[nH]c1C(=O)O. The predicted molar refractivity (Wildman–Crippen MR) is 54.2 cm³/mol. The van der Waals surface area contributed by atoms with E-state index in [0.29, 0.717) is 0 Å². The largest absolute Gasteiger partial charge is 0.477 e. The molecule has 0 aromatic carbocycles. The number of carbonyl (C=O) groups excluding carboxylic acids is 1. The number of aromatic nitrogens is 2. The fraction of sp³-hybridized carbons (Fsp3) is 0.444. The molecule has 7 nitrogen and oxygen atoms in total. The van der Waals surface area contributed by atoms with E-state index < -0.39 is 18.0 Å². The minimum absolute atomic E-state index is 0.116. The van der Waals surface area contributed by atoms with Gasteiger partial charge in [-0.2, -0.15) is 0 Å². The van der Waals surface area contributed by atoms with E-state index in [4.69, 9.17) is 10.2 Å². The van der Waals surface area contributed by atoms with E-state index >= 15 is 0 Å². The molecule has 0 saturated carbocycles. The number of aromatic carboxylic acids is 1. The Morgan fingerprint density at radius 2 is 2.25 bits per heavy atom. The van der Waals surface area contributed by atoms with Gasteiger partial charge in [0.25, 0.3) is 5.91 Å². The summed E-state index contributed by atoms with van der Waals surface area (Å²) < 4.78 is 0. The highest BCUT2D eigenvalue weighted by Crippen LogP contribution is 2.06. The molecule has 0 fully saturated rings. The number of nitrogens with zero attached hydrogens (tertiary/aromatic N) is 2. The molecule has 1 unspecified atom stereocenters. The zero-order chi connectivity index (χ0) is 12.3. The molecule has 0 aliphatic heterocycles. The van der Waals surface area contributed by atoms with Crippen molar-refractivity contribution in [2.24, 2.45) is 0 Å². The summed E-state index contributed by atoms with van der Waals surface area (Å²) in [6, 6.07) is 0. The van der Waals surface area contributed by atoms with Crippen LogP contribution in [0.15, 0.2) is 6.33 Å². The van der Waals surface area contributed by atoms with Crippen LogP contribution in [-0.4, -0.2) is 56.7 Å². The maximum absolute atomic E-state index is 11.7. The van der Waals surface area contributed by atoms with Crippen LogP contribution in [0.5, 0.6) is 0 Å². The van der Waals surface area contributed by atoms with Gasteiger partial charge < -0.3 is 20.1 Å². The van der Waals surface area contributed by atoms with Crippen LogP contribution in [0.3, 0.4) is 0 Å². The fourth-order valence-electron chi connectivity index (χ4n) is 1.28. The van der Waals surface area contributed by atoms with Crippen LogP contribution in [0.1, 0.15) is 27.9 Å². The number of H-pyrrole nitrogens is 1. The standard InChI is InChI=1S/C9H13N3O4/c1-5(13)3-12(2)8(14)6-7(9(15)16)11-4-10-6/h4-5,13H,3H2,1-2H3,(H,10,11)(H,15,16). The molecule has 0 spiro atoms. The molecule has 1 heterocycles. The van der Waals surface area contributed by atoms with E-state index in [1.165, 1.54) is 18.9 Å². The Morgan fingerprint density at radius 3 is 2.75 bits per heavy atom. The first-order chi connectivity index (χ1) is 7.43. The Kier molecular flexibility index (Phi) is 3.62. The number of carboxylic acid groups (broad SMARTS) is 1. The lowest BCUT2D eigenvalue weighted by atomic mass is 10.2.